The van der Waals surface area contributed by atoms with Crippen LogP contribution in [0.15, 0.2) is 30.3 Å². The molecule has 0 aliphatic heterocycles. The Morgan fingerprint density at radius 2 is 2.05 bits per heavy atom. The number of anilines is 3. The van der Waals surface area contributed by atoms with Crippen molar-refractivity contribution >= 4 is 17.3 Å². The summed E-state index contributed by atoms with van der Waals surface area (Å²) in [7, 11) is 3.67. The van der Waals surface area contributed by atoms with Crippen molar-refractivity contribution in [3.05, 3.63) is 42.0 Å². The van der Waals surface area contributed by atoms with Crippen LogP contribution in [0.25, 0.3) is 0 Å². The molecule has 1 aromatic carbocycles. The van der Waals surface area contributed by atoms with E-state index in [9.17, 15) is 4.39 Å². The lowest BCUT2D eigenvalue weighted by Crippen LogP contribution is -2.13. The van der Waals surface area contributed by atoms with Gasteiger partial charge in [-0.25, -0.2) is 14.4 Å². The Morgan fingerprint density at radius 1 is 1.26 bits per heavy atom. The van der Waals surface area contributed by atoms with Gasteiger partial charge >= 0.3 is 0 Å². The summed E-state index contributed by atoms with van der Waals surface area (Å²) in [5.41, 5.74) is 0.753. The highest BCUT2D eigenvalue weighted by molar-refractivity contribution is 5.61. The molecule has 0 saturated carbocycles. The van der Waals surface area contributed by atoms with Crippen molar-refractivity contribution in [2.75, 3.05) is 24.3 Å². The third-order valence-electron chi connectivity index (χ3n) is 2.87. The van der Waals surface area contributed by atoms with Crippen LogP contribution in [0.2, 0.25) is 0 Å². The van der Waals surface area contributed by atoms with E-state index in [0.717, 1.165) is 29.6 Å². The minimum Gasteiger partial charge on any atom is -0.373 e. The van der Waals surface area contributed by atoms with Crippen LogP contribution in [-0.4, -0.2) is 24.1 Å². The molecule has 0 spiro atoms. The fourth-order valence-corrected chi connectivity index (χ4v) is 1.76. The monoisotopic (exact) mass is 260 g/mol. The van der Waals surface area contributed by atoms with Gasteiger partial charge in [-0.2, -0.15) is 0 Å². The summed E-state index contributed by atoms with van der Waals surface area (Å²) in [5, 5.41) is 3.01. The zero-order chi connectivity index (χ0) is 13.8. The summed E-state index contributed by atoms with van der Waals surface area (Å²) in [6.07, 6.45) is 0.750. The Kier molecular flexibility index (Phi) is 3.94. The van der Waals surface area contributed by atoms with E-state index in [1.165, 1.54) is 12.1 Å². The number of hydrogen-bond acceptors (Lipinski definition) is 4. The lowest BCUT2D eigenvalue weighted by molar-refractivity contribution is 0.628. The lowest BCUT2D eigenvalue weighted by Gasteiger charge is -2.19. The largest absolute Gasteiger partial charge is 0.373 e. The van der Waals surface area contributed by atoms with Crippen LogP contribution in [-0.2, 0) is 6.42 Å². The Balaban J connectivity index is 2.40. The molecule has 0 unspecified atom stereocenters. The highest BCUT2D eigenvalue weighted by Crippen LogP contribution is 2.24. The maximum Gasteiger partial charge on any atom is 0.138 e. The highest BCUT2D eigenvalue weighted by Gasteiger charge is 2.09. The number of benzene rings is 1. The van der Waals surface area contributed by atoms with E-state index in [2.05, 4.69) is 15.3 Å². The molecule has 0 saturated heterocycles. The Labute approximate surface area is 112 Å². The lowest BCUT2D eigenvalue weighted by atomic mass is 10.3. The maximum atomic E-state index is 13.3. The average Bonchev–Trinajstić information content (AvgIpc) is 2.45. The van der Waals surface area contributed by atoms with Gasteiger partial charge < -0.3 is 10.2 Å². The van der Waals surface area contributed by atoms with Crippen molar-refractivity contribution in [3.8, 4) is 0 Å². The summed E-state index contributed by atoms with van der Waals surface area (Å²) >= 11 is 0. The smallest absolute Gasteiger partial charge is 0.138 e. The van der Waals surface area contributed by atoms with Crippen LogP contribution in [0.3, 0.4) is 0 Å². The molecule has 0 amide bonds. The molecule has 1 N–H and O–H groups in total. The first-order valence-electron chi connectivity index (χ1n) is 6.19. The van der Waals surface area contributed by atoms with Crippen LogP contribution in [0.4, 0.5) is 21.7 Å². The van der Waals surface area contributed by atoms with Crippen LogP contribution < -0.4 is 10.2 Å². The van der Waals surface area contributed by atoms with E-state index in [0.29, 0.717) is 0 Å². The number of aromatic nitrogens is 2. The first kappa shape index (κ1) is 13.3. The molecule has 2 rings (SSSR count). The fourth-order valence-electron chi connectivity index (χ4n) is 1.76. The van der Waals surface area contributed by atoms with Crippen molar-refractivity contribution in [3.63, 3.8) is 0 Å². The molecular weight excluding hydrogens is 243 g/mol. The second-order valence-corrected chi connectivity index (χ2v) is 4.17. The van der Waals surface area contributed by atoms with Crippen molar-refractivity contribution in [1.29, 1.82) is 0 Å². The molecule has 1 aromatic heterocycles. The molecule has 0 fully saturated rings. The summed E-state index contributed by atoms with van der Waals surface area (Å²) in [5.74, 6) is 1.99. The molecule has 0 atom stereocenters. The number of halogens is 1. The fraction of sp³-hybridized carbons (Fsp3) is 0.286. The Bertz CT molecular complexity index is 549. The van der Waals surface area contributed by atoms with Crippen LogP contribution in [0.1, 0.15) is 12.7 Å². The van der Waals surface area contributed by atoms with Gasteiger partial charge in [0.25, 0.3) is 0 Å². The van der Waals surface area contributed by atoms with Crippen molar-refractivity contribution in [2.45, 2.75) is 13.3 Å². The minimum atomic E-state index is -0.261. The van der Waals surface area contributed by atoms with Gasteiger partial charge in [-0.1, -0.05) is 13.0 Å². The molecule has 0 bridgehead atoms. The molecule has 5 heteroatoms. The van der Waals surface area contributed by atoms with Crippen molar-refractivity contribution < 1.29 is 4.39 Å². The Morgan fingerprint density at radius 3 is 2.68 bits per heavy atom. The number of hydrogen-bond donors (Lipinski definition) is 1. The van der Waals surface area contributed by atoms with E-state index >= 15 is 0 Å². The number of nitrogens with one attached hydrogen (secondary N) is 1. The standard InChI is InChI=1S/C14H17FN4/c1-4-12-17-13(16-2)9-14(18-12)19(3)11-7-5-6-10(15)8-11/h5-9H,4H2,1-3H3,(H,16,17,18). The predicted octanol–water partition coefficient (Wildman–Crippen LogP) is 2.99. The molecule has 0 aliphatic carbocycles. The molecule has 0 aliphatic rings. The molecular formula is C14H17FN4. The first-order chi connectivity index (χ1) is 9.13. The van der Waals surface area contributed by atoms with E-state index < -0.39 is 0 Å². The van der Waals surface area contributed by atoms with Gasteiger partial charge in [0.15, 0.2) is 0 Å². The van der Waals surface area contributed by atoms with Gasteiger partial charge in [0.2, 0.25) is 0 Å². The van der Waals surface area contributed by atoms with Gasteiger partial charge in [0, 0.05) is 32.3 Å². The molecule has 1 heterocycles. The molecule has 2 aromatic rings. The SMILES string of the molecule is CCc1nc(NC)cc(N(C)c2cccc(F)c2)n1. The topological polar surface area (TPSA) is 41.1 Å². The predicted molar refractivity (Wildman–Crippen MR) is 75.4 cm³/mol. The normalized spacial score (nSPS) is 10.3. The van der Waals surface area contributed by atoms with Crippen molar-refractivity contribution in [1.82, 2.24) is 9.97 Å². The van der Waals surface area contributed by atoms with E-state index in [1.54, 1.807) is 6.07 Å². The Hall–Kier alpha value is -2.17. The van der Waals surface area contributed by atoms with E-state index in [1.807, 2.05) is 38.1 Å². The van der Waals surface area contributed by atoms with E-state index in [-0.39, 0.29) is 5.82 Å². The molecule has 19 heavy (non-hydrogen) atoms. The van der Waals surface area contributed by atoms with E-state index in [4.69, 9.17) is 0 Å². The number of rotatable bonds is 4. The third kappa shape index (κ3) is 2.99. The van der Waals surface area contributed by atoms with Crippen LogP contribution >= 0.6 is 0 Å². The second-order valence-electron chi connectivity index (χ2n) is 4.17. The van der Waals surface area contributed by atoms with Gasteiger partial charge in [-0.05, 0) is 18.2 Å². The zero-order valence-electron chi connectivity index (χ0n) is 11.3. The van der Waals surface area contributed by atoms with Crippen molar-refractivity contribution in [2.24, 2.45) is 0 Å². The summed E-state index contributed by atoms with van der Waals surface area (Å²) in [6.45, 7) is 2.00. The number of nitrogens with zero attached hydrogens (tertiary/aromatic N) is 3. The molecule has 0 radical (unpaired) electrons. The highest BCUT2D eigenvalue weighted by atomic mass is 19.1. The first-order valence-corrected chi connectivity index (χ1v) is 6.19. The molecule has 100 valence electrons. The minimum absolute atomic E-state index is 0.261. The summed E-state index contributed by atoms with van der Waals surface area (Å²) in [4.78, 5) is 10.6. The summed E-state index contributed by atoms with van der Waals surface area (Å²) in [6, 6.07) is 8.27. The number of aryl methyl sites for hydroxylation is 1. The van der Waals surface area contributed by atoms with Crippen LogP contribution in [0, 0.1) is 5.82 Å². The van der Waals surface area contributed by atoms with Gasteiger partial charge in [0.05, 0.1) is 0 Å². The van der Waals surface area contributed by atoms with Crippen LogP contribution in [0.5, 0.6) is 0 Å². The summed E-state index contributed by atoms with van der Waals surface area (Å²) < 4.78 is 13.3. The van der Waals surface area contributed by atoms with Gasteiger partial charge in [-0.15, -0.1) is 0 Å². The van der Waals surface area contributed by atoms with Gasteiger partial charge in [0.1, 0.15) is 23.3 Å². The molecule has 4 nitrogen and oxygen atoms in total. The maximum absolute atomic E-state index is 13.3. The zero-order valence-corrected chi connectivity index (χ0v) is 11.3. The second kappa shape index (κ2) is 5.65. The van der Waals surface area contributed by atoms with Gasteiger partial charge in [-0.3, -0.25) is 0 Å². The third-order valence-corrected chi connectivity index (χ3v) is 2.87. The quantitative estimate of drug-likeness (QED) is 0.917. The average molecular weight is 260 g/mol.